The van der Waals surface area contributed by atoms with Crippen LogP contribution in [0.3, 0.4) is 0 Å². The van der Waals surface area contributed by atoms with Crippen LogP contribution in [0.15, 0.2) is 24.3 Å². The normalized spacial score (nSPS) is 19.8. The summed E-state index contributed by atoms with van der Waals surface area (Å²) in [6.07, 6.45) is 0.380. The van der Waals surface area contributed by atoms with Gasteiger partial charge >= 0.3 is 0 Å². The van der Waals surface area contributed by atoms with Crippen LogP contribution in [0.5, 0.6) is 0 Å². The Morgan fingerprint density at radius 2 is 1.96 bits per heavy atom. The third kappa shape index (κ3) is 2.76. The maximum atomic E-state index is 12.6. The first-order valence-corrected chi connectivity index (χ1v) is 9.21. The van der Waals surface area contributed by atoms with E-state index in [1.165, 1.54) is 11.9 Å². The highest BCUT2D eigenvalue weighted by Gasteiger charge is 2.35. The fourth-order valence-corrected chi connectivity index (χ4v) is 4.86. The van der Waals surface area contributed by atoms with Crippen LogP contribution in [0.25, 0.3) is 10.9 Å². The minimum Gasteiger partial charge on any atom is -0.358 e. The van der Waals surface area contributed by atoms with Crippen molar-refractivity contribution in [1.82, 2.24) is 9.88 Å². The molecule has 0 radical (unpaired) electrons. The van der Waals surface area contributed by atoms with Crippen molar-refractivity contribution in [3.8, 4) is 0 Å². The van der Waals surface area contributed by atoms with Crippen LogP contribution in [-0.4, -0.2) is 54.6 Å². The van der Waals surface area contributed by atoms with E-state index in [0.29, 0.717) is 23.1 Å². The first kappa shape index (κ1) is 15.7. The third-order valence-corrected chi connectivity index (χ3v) is 6.14. The molecule has 1 saturated heterocycles. The average molecular weight is 334 g/mol. The van der Waals surface area contributed by atoms with Gasteiger partial charge in [0.25, 0.3) is 11.7 Å². The number of para-hydroxylation sites is 1. The van der Waals surface area contributed by atoms with Crippen molar-refractivity contribution in [2.75, 3.05) is 18.6 Å². The molecule has 2 heterocycles. The topological polar surface area (TPSA) is 87.3 Å². The first-order chi connectivity index (χ1) is 10.8. The van der Waals surface area contributed by atoms with Crippen molar-refractivity contribution in [3.05, 3.63) is 35.5 Å². The highest BCUT2D eigenvalue weighted by molar-refractivity contribution is 7.91. The molecule has 1 N–H and O–H groups in total. The number of aromatic amines is 1. The molecule has 1 amide bonds. The molecule has 122 valence electrons. The standard InChI is InChI=1S/C16H18N2O4S/c1-10-14(12-5-3-4-6-13(12)17-10)15(19)16(20)18(2)11-7-8-23(21,22)9-11/h3-6,11,17H,7-9H2,1-2H3. The number of Topliss-reactive ketones (excluding diaryl/α,β-unsaturated/α-hetero) is 1. The fraction of sp³-hybridized carbons (Fsp3) is 0.375. The molecule has 1 fully saturated rings. The second kappa shape index (κ2) is 5.49. The molecule has 1 aromatic heterocycles. The van der Waals surface area contributed by atoms with Crippen molar-refractivity contribution >= 4 is 32.4 Å². The largest absolute Gasteiger partial charge is 0.358 e. The van der Waals surface area contributed by atoms with Gasteiger partial charge in [-0.05, 0) is 19.4 Å². The number of aryl methyl sites for hydroxylation is 1. The molecule has 0 saturated carbocycles. The Balaban J connectivity index is 1.90. The highest BCUT2D eigenvalue weighted by Crippen LogP contribution is 2.24. The molecule has 0 aliphatic carbocycles. The zero-order valence-corrected chi connectivity index (χ0v) is 13.8. The summed E-state index contributed by atoms with van der Waals surface area (Å²) in [6.45, 7) is 1.75. The van der Waals surface area contributed by atoms with E-state index in [1.54, 1.807) is 13.0 Å². The van der Waals surface area contributed by atoms with E-state index in [0.717, 1.165) is 5.52 Å². The van der Waals surface area contributed by atoms with E-state index in [1.807, 2.05) is 18.2 Å². The number of fused-ring (bicyclic) bond motifs is 1. The number of H-pyrrole nitrogens is 1. The Morgan fingerprint density at radius 3 is 2.61 bits per heavy atom. The summed E-state index contributed by atoms with van der Waals surface area (Å²) in [6, 6.07) is 6.87. The minimum absolute atomic E-state index is 0.0651. The van der Waals surface area contributed by atoms with Crippen LogP contribution in [-0.2, 0) is 14.6 Å². The molecule has 1 aliphatic heterocycles. The zero-order chi connectivity index (χ0) is 16.8. The molecule has 1 aliphatic rings. The lowest BCUT2D eigenvalue weighted by molar-refractivity contribution is -0.126. The van der Waals surface area contributed by atoms with Crippen molar-refractivity contribution < 1.29 is 18.0 Å². The fourth-order valence-electron chi connectivity index (χ4n) is 3.08. The summed E-state index contributed by atoms with van der Waals surface area (Å²) in [5.41, 5.74) is 1.79. The summed E-state index contributed by atoms with van der Waals surface area (Å²) < 4.78 is 23.1. The van der Waals surface area contributed by atoms with Crippen LogP contribution in [0, 0.1) is 6.92 Å². The van der Waals surface area contributed by atoms with Crippen molar-refractivity contribution in [2.45, 2.75) is 19.4 Å². The molecule has 1 unspecified atom stereocenters. The Kier molecular flexibility index (Phi) is 3.75. The molecule has 2 aromatic rings. The van der Waals surface area contributed by atoms with Crippen LogP contribution in [0.2, 0.25) is 0 Å². The summed E-state index contributed by atoms with van der Waals surface area (Å²) in [7, 11) is -1.61. The van der Waals surface area contributed by atoms with Gasteiger partial charge in [-0.2, -0.15) is 0 Å². The number of amides is 1. The van der Waals surface area contributed by atoms with Crippen molar-refractivity contribution in [2.24, 2.45) is 0 Å². The molecule has 1 atom stereocenters. The number of ketones is 1. The van der Waals surface area contributed by atoms with Gasteiger partial charge in [-0.1, -0.05) is 18.2 Å². The number of carbonyl (C=O) groups is 2. The maximum Gasteiger partial charge on any atom is 0.295 e. The molecule has 1 aromatic carbocycles. The lowest BCUT2D eigenvalue weighted by atomic mass is 10.1. The third-order valence-electron chi connectivity index (χ3n) is 4.39. The monoisotopic (exact) mass is 334 g/mol. The van der Waals surface area contributed by atoms with E-state index >= 15 is 0 Å². The van der Waals surface area contributed by atoms with E-state index in [4.69, 9.17) is 0 Å². The van der Waals surface area contributed by atoms with Crippen LogP contribution in [0.4, 0.5) is 0 Å². The zero-order valence-electron chi connectivity index (χ0n) is 13.0. The van der Waals surface area contributed by atoms with Crippen LogP contribution >= 0.6 is 0 Å². The second-order valence-electron chi connectivity index (χ2n) is 5.97. The number of likely N-dealkylation sites (N-methyl/N-ethyl adjacent to an activating group) is 1. The highest BCUT2D eigenvalue weighted by atomic mass is 32.2. The number of nitrogens with zero attached hydrogens (tertiary/aromatic N) is 1. The summed E-state index contributed by atoms with van der Waals surface area (Å²) in [4.78, 5) is 29.5. The van der Waals surface area contributed by atoms with E-state index in [-0.39, 0.29) is 11.5 Å². The molecule has 0 spiro atoms. The first-order valence-electron chi connectivity index (χ1n) is 7.39. The summed E-state index contributed by atoms with van der Waals surface area (Å²) in [5.74, 6) is -1.28. The van der Waals surface area contributed by atoms with E-state index < -0.39 is 27.6 Å². The van der Waals surface area contributed by atoms with Gasteiger partial charge in [0.05, 0.1) is 17.1 Å². The number of hydrogen-bond acceptors (Lipinski definition) is 4. The SMILES string of the molecule is Cc1[nH]c2ccccc2c1C(=O)C(=O)N(C)C1CCS(=O)(=O)C1. The number of hydrogen-bond donors (Lipinski definition) is 1. The number of sulfone groups is 1. The predicted octanol–water partition coefficient (Wildman–Crippen LogP) is 1.30. The Labute approximate surface area is 134 Å². The van der Waals surface area contributed by atoms with Crippen LogP contribution < -0.4 is 0 Å². The summed E-state index contributed by atoms with van der Waals surface area (Å²) in [5, 5.41) is 0.704. The molecule has 3 rings (SSSR count). The van der Waals surface area contributed by atoms with Gasteiger partial charge < -0.3 is 9.88 Å². The Bertz CT molecular complexity index is 898. The lowest BCUT2D eigenvalue weighted by Crippen LogP contribution is -2.41. The number of rotatable bonds is 3. The van der Waals surface area contributed by atoms with Gasteiger partial charge in [-0.15, -0.1) is 0 Å². The minimum atomic E-state index is -3.11. The van der Waals surface area contributed by atoms with Gasteiger partial charge in [-0.3, -0.25) is 9.59 Å². The maximum absolute atomic E-state index is 12.6. The number of nitrogens with one attached hydrogen (secondary N) is 1. The predicted molar refractivity (Wildman–Crippen MR) is 87.2 cm³/mol. The summed E-state index contributed by atoms with van der Waals surface area (Å²) >= 11 is 0. The molecule has 0 bridgehead atoms. The molecular formula is C16H18N2O4S. The van der Waals surface area contributed by atoms with Gasteiger partial charge in [0.15, 0.2) is 9.84 Å². The van der Waals surface area contributed by atoms with Gasteiger partial charge in [0, 0.05) is 29.7 Å². The van der Waals surface area contributed by atoms with Gasteiger partial charge in [0.2, 0.25) is 0 Å². The molecule has 7 heteroatoms. The van der Waals surface area contributed by atoms with Gasteiger partial charge in [-0.25, -0.2) is 8.42 Å². The van der Waals surface area contributed by atoms with E-state index in [2.05, 4.69) is 4.98 Å². The number of benzene rings is 1. The Hall–Kier alpha value is -2.15. The second-order valence-corrected chi connectivity index (χ2v) is 8.20. The average Bonchev–Trinajstić information content (AvgIpc) is 3.03. The van der Waals surface area contributed by atoms with E-state index in [9.17, 15) is 18.0 Å². The molecule has 6 nitrogen and oxygen atoms in total. The molecular weight excluding hydrogens is 316 g/mol. The number of carbonyl (C=O) groups excluding carboxylic acids is 2. The lowest BCUT2D eigenvalue weighted by Gasteiger charge is -2.22. The molecule has 23 heavy (non-hydrogen) atoms. The van der Waals surface area contributed by atoms with Gasteiger partial charge in [0.1, 0.15) is 0 Å². The van der Waals surface area contributed by atoms with Crippen LogP contribution in [0.1, 0.15) is 22.5 Å². The van der Waals surface area contributed by atoms with Crippen molar-refractivity contribution in [1.29, 1.82) is 0 Å². The van der Waals surface area contributed by atoms with Crippen molar-refractivity contribution in [3.63, 3.8) is 0 Å². The quantitative estimate of drug-likeness (QED) is 0.677. The number of aromatic nitrogens is 1. The Morgan fingerprint density at radius 1 is 1.26 bits per heavy atom. The smallest absolute Gasteiger partial charge is 0.295 e.